The number of carbonyl (C=O) groups is 2. The first-order valence-corrected chi connectivity index (χ1v) is 11.2. The molecule has 0 saturated carbocycles. The van der Waals surface area contributed by atoms with E-state index in [0.29, 0.717) is 18.1 Å². The molecule has 7 nitrogen and oxygen atoms in total. The molecule has 2 amide bonds. The number of likely N-dealkylation sites (tertiary alicyclic amines) is 1. The van der Waals surface area contributed by atoms with E-state index in [2.05, 4.69) is 4.90 Å². The summed E-state index contributed by atoms with van der Waals surface area (Å²) in [6.07, 6.45) is 1.52. The monoisotopic (exact) mass is 457 g/mol. The van der Waals surface area contributed by atoms with Crippen molar-refractivity contribution >= 4 is 35.0 Å². The Morgan fingerprint density at radius 2 is 1.78 bits per heavy atom. The van der Waals surface area contributed by atoms with Gasteiger partial charge in [-0.25, -0.2) is 4.79 Å². The largest absolute Gasteiger partial charge is 0.490 e. The SMILES string of the molecule is CC(=O)N(C)c1ccc(OC2CCN(C[C@H]3CN(c4ccc(Cl)cc4)C(=O)O3)CC2)cc1. The Hall–Kier alpha value is -2.77. The predicted octanol–water partition coefficient (Wildman–Crippen LogP) is 4.19. The van der Waals surface area contributed by atoms with Crippen molar-refractivity contribution in [2.75, 3.05) is 43.0 Å². The molecule has 0 spiro atoms. The second-order valence-electron chi connectivity index (χ2n) is 8.28. The van der Waals surface area contributed by atoms with E-state index in [1.807, 2.05) is 36.4 Å². The van der Waals surface area contributed by atoms with Gasteiger partial charge in [0, 0.05) is 50.0 Å². The number of cyclic esters (lactones) is 1. The highest BCUT2D eigenvalue weighted by atomic mass is 35.5. The van der Waals surface area contributed by atoms with Gasteiger partial charge in [-0.2, -0.15) is 0 Å². The summed E-state index contributed by atoms with van der Waals surface area (Å²) in [6.45, 7) is 4.59. The van der Waals surface area contributed by atoms with Crippen molar-refractivity contribution < 1.29 is 19.1 Å². The zero-order chi connectivity index (χ0) is 22.7. The molecule has 0 unspecified atom stereocenters. The Morgan fingerprint density at radius 1 is 1.12 bits per heavy atom. The third-order valence-corrected chi connectivity index (χ3v) is 6.26. The summed E-state index contributed by atoms with van der Waals surface area (Å²) >= 11 is 5.94. The van der Waals surface area contributed by atoms with E-state index in [1.54, 1.807) is 35.9 Å². The Morgan fingerprint density at radius 3 is 2.41 bits per heavy atom. The fourth-order valence-corrected chi connectivity index (χ4v) is 4.19. The van der Waals surface area contributed by atoms with Crippen LogP contribution in [-0.4, -0.2) is 62.3 Å². The molecule has 0 radical (unpaired) electrons. The van der Waals surface area contributed by atoms with E-state index in [1.165, 1.54) is 0 Å². The molecule has 0 bridgehead atoms. The summed E-state index contributed by atoms with van der Waals surface area (Å²) in [5, 5.41) is 0.641. The standard InChI is InChI=1S/C24H28ClN3O4/c1-17(29)26(2)19-7-9-21(10-8-19)31-22-11-13-27(14-12-22)15-23-16-28(24(30)32-23)20-5-3-18(25)4-6-20/h3-10,22-23H,11-16H2,1-2H3/t23-/m0/s1. The maximum atomic E-state index is 12.3. The van der Waals surface area contributed by atoms with Gasteiger partial charge in [0.15, 0.2) is 0 Å². The Bertz CT molecular complexity index is 943. The average Bonchev–Trinajstić information content (AvgIpc) is 3.15. The number of hydrogen-bond acceptors (Lipinski definition) is 5. The number of rotatable bonds is 6. The van der Waals surface area contributed by atoms with Crippen LogP contribution in [0.25, 0.3) is 0 Å². The van der Waals surface area contributed by atoms with Crippen molar-refractivity contribution in [3.63, 3.8) is 0 Å². The molecule has 2 aliphatic rings. The summed E-state index contributed by atoms with van der Waals surface area (Å²) in [5.74, 6) is 0.808. The Balaban J connectivity index is 1.23. The summed E-state index contributed by atoms with van der Waals surface area (Å²) in [5.41, 5.74) is 1.65. The molecule has 2 fully saturated rings. The van der Waals surface area contributed by atoms with E-state index in [-0.39, 0.29) is 24.2 Å². The smallest absolute Gasteiger partial charge is 0.414 e. The van der Waals surface area contributed by atoms with E-state index >= 15 is 0 Å². The topological polar surface area (TPSA) is 62.3 Å². The Kier molecular flexibility index (Phi) is 6.86. The van der Waals surface area contributed by atoms with Crippen LogP contribution < -0.4 is 14.5 Å². The van der Waals surface area contributed by atoms with Crippen LogP contribution in [0.1, 0.15) is 19.8 Å². The fraction of sp³-hybridized carbons (Fsp3) is 0.417. The van der Waals surface area contributed by atoms with Gasteiger partial charge >= 0.3 is 6.09 Å². The minimum atomic E-state index is -0.311. The molecule has 4 rings (SSSR count). The van der Waals surface area contributed by atoms with Crippen molar-refractivity contribution in [2.45, 2.75) is 32.0 Å². The number of carbonyl (C=O) groups excluding carboxylic acids is 2. The van der Waals surface area contributed by atoms with Gasteiger partial charge in [-0.3, -0.25) is 14.6 Å². The molecule has 2 aromatic rings. The first kappa shape index (κ1) is 22.4. The van der Waals surface area contributed by atoms with Crippen LogP contribution in [0.4, 0.5) is 16.2 Å². The second-order valence-corrected chi connectivity index (χ2v) is 8.72. The quantitative estimate of drug-likeness (QED) is 0.650. The molecule has 2 saturated heterocycles. The van der Waals surface area contributed by atoms with Crippen LogP contribution in [0.3, 0.4) is 0 Å². The van der Waals surface area contributed by atoms with Gasteiger partial charge < -0.3 is 14.4 Å². The van der Waals surface area contributed by atoms with Gasteiger partial charge in [-0.15, -0.1) is 0 Å². The lowest BCUT2D eigenvalue weighted by Crippen LogP contribution is -2.42. The molecular weight excluding hydrogens is 430 g/mol. The second kappa shape index (κ2) is 9.79. The van der Waals surface area contributed by atoms with E-state index < -0.39 is 0 Å². The van der Waals surface area contributed by atoms with Crippen LogP contribution in [0.15, 0.2) is 48.5 Å². The van der Waals surface area contributed by atoms with Gasteiger partial charge in [-0.1, -0.05) is 11.6 Å². The van der Waals surface area contributed by atoms with E-state index in [0.717, 1.165) is 43.1 Å². The van der Waals surface area contributed by atoms with Crippen LogP contribution >= 0.6 is 11.6 Å². The molecule has 0 N–H and O–H groups in total. The van der Waals surface area contributed by atoms with Crippen LogP contribution in [0, 0.1) is 0 Å². The van der Waals surface area contributed by atoms with Crippen molar-refractivity contribution in [2.24, 2.45) is 0 Å². The minimum absolute atomic E-state index is 0.00438. The summed E-state index contributed by atoms with van der Waals surface area (Å²) in [4.78, 5) is 29.3. The Labute approximate surface area is 193 Å². The van der Waals surface area contributed by atoms with Crippen molar-refractivity contribution in [3.8, 4) is 5.75 Å². The van der Waals surface area contributed by atoms with Crippen molar-refractivity contribution in [1.29, 1.82) is 0 Å². The first-order chi connectivity index (χ1) is 15.4. The van der Waals surface area contributed by atoms with Gasteiger partial charge in [0.2, 0.25) is 5.91 Å². The molecule has 1 atom stereocenters. The van der Waals surface area contributed by atoms with Gasteiger partial charge in [0.25, 0.3) is 0 Å². The molecule has 0 aliphatic carbocycles. The van der Waals surface area contributed by atoms with Crippen molar-refractivity contribution in [3.05, 3.63) is 53.6 Å². The molecule has 2 aromatic carbocycles. The highest BCUT2D eigenvalue weighted by Gasteiger charge is 2.34. The summed E-state index contributed by atoms with van der Waals surface area (Å²) < 4.78 is 11.7. The van der Waals surface area contributed by atoms with Gasteiger partial charge in [-0.05, 0) is 61.4 Å². The normalized spacial score (nSPS) is 19.7. The molecule has 32 heavy (non-hydrogen) atoms. The lowest BCUT2D eigenvalue weighted by atomic mass is 10.1. The van der Waals surface area contributed by atoms with E-state index in [9.17, 15) is 9.59 Å². The molecular formula is C24H28ClN3O4. The maximum Gasteiger partial charge on any atom is 0.414 e. The van der Waals surface area contributed by atoms with Gasteiger partial charge in [0.05, 0.1) is 6.54 Å². The minimum Gasteiger partial charge on any atom is -0.490 e. The molecule has 170 valence electrons. The third-order valence-electron chi connectivity index (χ3n) is 6.01. The molecule has 8 heteroatoms. The lowest BCUT2D eigenvalue weighted by Gasteiger charge is -2.33. The number of anilines is 2. The zero-order valence-electron chi connectivity index (χ0n) is 18.4. The van der Waals surface area contributed by atoms with Crippen LogP contribution in [0.2, 0.25) is 5.02 Å². The van der Waals surface area contributed by atoms with Crippen LogP contribution in [0.5, 0.6) is 5.75 Å². The van der Waals surface area contributed by atoms with Crippen LogP contribution in [-0.2, 0) is 9.53 Å². The molecule has 2 heterocycles. The number of ether oxygens (including phenoxy) is 2. The number of halogens is 1. The first-order valence-electron chi connectivity index (χ1n) is 10.9. The summed E-state index contributed by atoms with van der Waals surface area (Å²) in [7, 11) is 1.75. The predicted molar refractivity (Wildman–Crippen MR) is 125 cm³/mol. The van der Waals surface area contributed by atoms with E-state index in [4.69, 9.17) is 21.1 Å². The number of piperidine rings is 1. The number of hydrogen-bond donors (Lipinski definition) is 0. The average molecular weight is 458 g/mol. The number of amides is 2. The van der Waals surface area contributed by atoms with Crippen molar-refractivity contribution in [1.82, 2.24) is 4.90 Å². The summed E-state index contributed by atoms with van der Waals surface area (Å²) in [6, 6.07) is 14.8. The highest BCUT2D eigenvalue weighted by Crippen LogP contribution is 2.26. The number of benzene rings is 2. The molecule has 2 aliphatic heterocycles. The molecule has 0 aromatic heterocycles. The highest BCUT2D eigenvalue weighted by molar-refractivity contribution is 6.30. The maximum absolute atomic E-state index is 12.3. The fourth-order valence-electron chi connectivity index (χ4n) is 4.07. The third kappa shape index (κ3) is 5.34. The zero-order valence-corrected chi connectivity index (χ0v) is 19.1. The van der Waals surface area contributed by atoms with Gasteiger partial charge in [0.1, 0.15) is 18.0 Å². The lowest BCUT2D eigenvalue weighted by molar-refractivity contribution is -0.116. The number of nitrogens with zero attached hydrogens (tertiary/aromatic N) is 3.